The Balaban J connectivity index is 1.85. The third-order valence-corrected chi connectivity index (χ3v) is 4.07. The predicted molar refractivity (Wildman–Crippen MR) is 74.9 cm³/mol. The maximum Gasteiger partial charge on any atom is 0.258 e. The first-order chi connectivity index (χ1) is 9.24. The summed E-state index contributed by atoms with van der Waals surface area (Å²) in [6, 6.07) is 5.73. The molecule has 1 aliphatic rings. The standard InChI is InChI=1S/C13H15N3O2S/c1-8-2-3-9(6-10(8)14)13-15-12(16-18-13)11-7-19-5-4-17-11/h2-3,6,11H,4-5,7,14H2,1H3. The minimum Gasteiger partial charge on any atom is -0.398 e. The normalized spacial score (nSPS) is 19.5. The minimum atomic E-state index is -0.0703. The second-order valence-corrected chi connectivity index (χ2v) is 5.61. The SMILES string of the molecule is Cc1ccc(-c2nc(C3CSCCO3)no2)cc1N. The van der Waals surface area contributed by atoms with Gasteiger partial charge in [-0.25, -0.2) is 0 Å². The van der Waals surface area contributed by atoms with Gasteiger partial charge in [0.15, 0.2) is 0 Å². The molecule has 0 spiro atoms. The highest BCUT2D eigenvalue weighted by Gasteiger charge is 2.22. The van der Waals surface area contributed by atoms with E-state index in [0.717, 1.165) is 34.9 Å². The highest BCUT2D eigenvalue weighted by molar-refractivity contribution is 7.99. The van der Waals surface area contributed by atoms with Gasteiger partial charge < -0.3 is 15.0 Å². The van der Waals surface area contributed by atoms with E-state index in [4.69, 9.17) is 15.0 Å². The number of aromatic nitrogens is 2. The molecule has 1 atom stereocenters. The van der Waals surface area contributed by atoms with Crippen LogP contribution in [-0.2, 0) is 4.74 Å². The molecule has 0 saturated carbocycles. The number of rotatable bonds is 2. The van der Waals surface area contributed by atoms with Crippen molar-refractivity contribution in [3.05, 3.63) is 29.6 Å². The van der Waals surface area contributed by atoms with E-state index < -0.39 is 0 Å². The summed E-state index contributed by atoms with van der Waals surface area (Å²) >= 11 is 1.84. The van der Waals surface area contributed by atoms with Crippen LogP contribution in [0.25, 0.3) is 11.5 Å². The zero-order valence-electron chi connectivity index (χ0n) is 10.6. The molecule has 2 heterocycles. The van der Waals surface area contributed by atoms with Crippen LogP contribution >= 0.6 is 11.8 Å². The monoisotopic (exact) mass is 277 g/mol. The van der Waals surface area contributed by atoms with Crippen molar-refractivity contribution in [2.75, 3.05) is 23.8 Å². The molecular formula is C13H15N3O2S. The Bertz CT molecular complexity index is 579. The molecule has 0 bridgehead atoms. The maximum atomic E-state index is 5.89. The van der Waals surface area contributed by atoms with Gasteiger partial charge in [-0.3, -0.25) is 0 Å². The van der Waals surface area contributed by atoms with Crippen LogP contribution in [0.3, 0.4) is 0 Å². The van der Waals surface area contributed by atoms with Crippen LogP contribution in [0, 0.1) is 6.92 Å². The Labute approximate surface area is 115 Å². The molecule has 3 rings (SSSR count). The Kier molecular flexibility index (Phi) is 3.44. The third kappa shape index (κ3) is 2.59. The summed E-state index contributed by atoms with van der Waals surface area (Å²) in [7, 11) is 0. The second kappa shape index (κ2) is 5.22. The van der Waals surface area contributed by atoms with Crippen LogP contribution in [0.5, 0.6) is 0 Å². The lowest BCUT2D eigenvalue weighted by molar-refractivity contribution is 0.0677. The highest BCUT2D eigenvalue weighted by Crippen LogP contribution is 2.27. The molecule has 1 aliphatic heterocycles. The van der Waals surface area contributed by atoms with Crippen molar-refractivity contribution in [1.82, 2.24) is 10.1 Å². The van der Waals surface area contributed by atoms with Gasteiger partial charge in [0.05, 0.1) is 6.61 Å². The van der Waals surface area contributed by atoms with Gasteiger partial charge >= 0.3 is 0 Å². The molecule has 2 N–H and O–H groups in total. The Morgan fingerprint density at radius 2 is 2.32 bits per heavy atom. The predicted octanol–water partition coefficient (Wildman–Crippen LogP) is 2.43. The molecule has 19 heavy (non-hydrogen) atoms. The zero-order chi connectivity index (χ0) is 13.2. The van der Waals surface area contributed by atoms with Crippen LogP contribution in [0.1, 0.15) is 17.5 Å². The first kappa shape index (κ1) is 12.5. The number of anilines is 1. The molecule has 1 fully saturated rings. The lowest BCUT2D eigenvalue weighted by Gasteiger charge is -2.18. The van der Waals surface area contributed by atoms with E-state index in [1.807, 2.05) is 36.9 Å². The smallest absolute Gasteiger partial charge is 0.258 e. The fourth-order valence-corrected chi connectivity index (χ4v) is 2.73. The number of aryl methyl sites for hydroxylation is 1. The van der Waals surface area contributed by atoms with Crippen molar-refractivity contribution in [1.29, 1.82) is 0 Å². The van der Waals surface area contributed by atoms with Crippen LogP contribution in [0.4, 0.5) is 5.69 Å². The first-order valence-electron chi connectivity index (χ1n) is 6.13. The van der Waals surface area contributed by atoms with Gasteiger partial charge in [0.2, 0.25) is 5.82 Å². The van der Waals surface area contributed by atoms with Crippen LogP contribution in [0.15, 0.2) is 22.7 Å². The summed E-state index contributed by atoms with van der Waals surface area (Å²) in [6.07, 6.45) is -0.0703. The Morgan fingerprint density at radius 1 is 1.42 bits per heavy atom. The minimum absolute atomic E-state index is 0.0703. The zero-order valence-corrected chi connectivity index (χ0v) is 11.4. The molecule has 1 saturated heterocycles. The molecule has 5 nitrogen and oxygen atoms in total. The number of nitrogens with two attached hydrogens (primary N) is 1. The number of ether oxygens (including phenoxy) is 1. The number of hydrogen-bond acceptors (Lipinski definition) is 6. The third-order valence-electron chi connectivity index (χ3n) is 3.07. The van der Waals surface area contributed by atoms with Gasteiger partial charge in [0, 0.05) is 22.8 Å². The summed E-state index contributed by atoms with van der Waals surface area (Å²) in [4.78, 5) is 4.40. The average molecular weight is 277 g/mol. The summed E-state index contributed by atoms with van der Waals surface area (Å²) < 4.78 is 10.9. The van der Waals surface area contributed by atoms with Crippen LogP contribution in [-0.4, -0.2) is 28.3 Å². The van der Waals surface area contributed by atoms with Crippen molar-refractivity contribution < 1.29 is 9.26 Å². The maximum absolute atomic E-state index is 5.89. The lowest BCUT2D eigenvalue weighted by atomic mass is 10.1. The topological polar surface area (TPSA) is 74.2 Å². The summed E-state index contributed by atoms with van der Waals surface area (Å²) in [6.45, 7) is 2.70. The number of benzene rings is 1. The molecule has 0 radical (unpaired) electrons. The van der Waals surface area contributed by atoms with Gasteiger partial charge in [-0.1, -0.05) is 11.2 Å². The van der Waals surface area contributed by atoms with Crippen molar-refractivity contribution in [3.63, 3.8) is 0 Å². The van der Waals surface area contributed by atoms with Crippen molar-refractivity contribution in [2.24, 2.45) is 0 Å². The molecule has 0 amide bonds. The van der Waals surface area contributed by atoms with E-state index >= 15 is 0 Å². The van der Waals surface area contributed by atoms with Gasteiger partial charge in [0.1, 0.15) is 6.10 Å². The molecule has 6 heteroatoms. The van der Waals surface area contributed by atoms with Gasteiger partial charge in [0.25, 0.3) is 5.89 Å². The molecule has 100 valence electrons. The van der Waals surface area contributed by atoms with E-state index in [0.29, 0.717) is 11.7 Å². The fourth-order valence-electron chi connectivity index (χ4n) is 1.89. The first-order valence-corrected chi connectivity index (χ1v) is 7.29. The van der Waals surface area contributed by atoms with Crippen LogP contribution < -0.4 is 5.73 Å². The second-order valence-electron chi connectivity index (χ2n) is 4.46. The summed E-state index contributed by atoms with van der Waals surface area (Å²) in [5.74, 6) is 2.99. The van der Waals surface area contributed by atoms with Crippen molar-refractivity contribution in [3.8, 4) is 11.5 Å². The highest BCUT2D eigenvalue weighted by atomic mass is 32.2. The van der Waals surface area contributed by atoms with Gasteiger partial charge in [-0.05, 0) is 24.6 Å². The Morgan fingerprint density at radius 3 is 3.05 bits per heavy atom. The number of nitrogen functional groups attached to an aromatic ring is 1. The van der Waals surface area contributed by atoms with E-state index in [1.54, 1.807) is 0 Å². The van der Waals surface area contributed by atoms with Crippen LogP contribution in [0.2, 0.25) is 0 Å². The van der Waals surface area contributed by atoms with Crippen molar-refractivity contribution in [2.45, 2.75) is 13.0 Å². The lowest BCUT2D eigenvalue weighted by Crippen LogP contribution is -2.16. The largest absolute Gasteiger partial charge is 0.398 e. The van der Waals surface area contributed by atoms with E-state index in [9.17, 15) is 0 Å². The number of hydrogen-bond donors (Lipinski definition) is 1. The quantitative estimate of drug-likeness (QED) is 0.850. The molecule has 1 aromatic heterocycles. The van der Waals surface area contributed by atoms with E-state index in [-0.39, 0.29) is 6.10 Å². The molecule has 2 aromatic rings. The molecule has 0 aliphatic carbocycles. The van der Waals surface area contributed by atoms with E-state index in [2.05, 4.69) is 10.1 Å². The Hall–Kier alpha value is -1.53. The van der Waals surface area contributed by atoms with E-state index in [1.165, 1.54) is 0 Å². The van der Waals surface area contributed by atoms with Gasteiger partial charge in [-0.2, -0.15) is 16.7 Å². The van der Waals surface area contributed by atoms with Crippen molar-refractivity contribution >= 4 is 17.4 Å². The fraction of sp³-hybridized carbons (Fsp3) is 0.385. The molecule has 1 aromatic carbocycles. The molecular weight excluding hydrogens is 262 g/mol. The summed E-state index contributed by atoms with van der Waals surface area (Å²) in [5, 5.41) is 4.00. The molecule has 1 unspecified atom stereocenters. The summed E-state index contributed by atoms with van der Waals surface area (Å²) in [5.41, 5.74) is 8.49. The number of thioether (sulfide) groups is 1. The number of nitrogens with zero attached hydrogens (tertiary/aromatic N) is 2. The average Bonchev–Trinajstić information content (AvgIpc) is 2.93. The van der Waals surface area contributed by atoms with Gasteiger partial charge in [-0.15, -0.1) is 0 Å².